The number of aromatic hydroxyl groups is 1. The number of hydrogen-bond acceptors (Lipinski definition) is 5. The van der Waals surface area contributed by atoms with Crippen LogP contribution in [-0.2, 0) is 9.59 Å². The number of H-pyrrole nitrogens is 1. The van der Waals surface area contributed by atoms with Crippen molar-refractivity contribution in [2.45, 2.75) is 6.92 Å². The minimum absolute atomic E-state index is 0.164. The summed E-state index contributed by atoms with van der Waals surface area (Å²) in [4.78, 5) is 26.4. The van der Waals surface area contributed by atoms with Crippen molar-refractivity contribution >= 4 is 40.0 Å². The largest absolute Gasteiger partial charge is 0.493 e. The van der Waals surface area contributed by atoms with E-state index in [1.165, 1.54) is 0 Å². The van der Waals surface area contributed by atoms with E-state index in [-0.39, 0.29) is 24.7 Å². The van der Waals surface area contributed by atoms with Gasteiger partial charge in [-0.05, 0) is 36.8 Å². The van der Waals surface area contributed by atoms with E-state index in [0.717, 1.165) is 5.56 Å². The topological polar surface area (TPSA) is 116 Å². The summed E-state index contributed by atoms with van der Waals surface area (Å²) in [6.07, 6.45) is 0. The number of benzene rings is 2. The van der Waals surface area contributed by atoms with Crippen LogP contribution in [-0.4, -0.2) is 35.1 Å². The number of fused-ring (bicyclic) bond motifs is 1. The van der Waals surface area contributed by atoms with Gasteiger partial charge in [-0.3, -0.25) is 9.59 Å². The molecule has 0 bridgehead atoms. The number of halogens is 1. The molecule has 3 rings (SSSR count). The Bertz CT molecular complexity index is 1060. The fourth-order valence-electron chi connectivity index (χ4n) is 2.50. The van der Waals surface area contributed by atoms with E-state index < -0.39 is 11.8 Å². The number of nitrogens with one attached hydrogen (secondary N) is 2. The first-order valence-electron chi connectivity index (χ1n) is 8.34. The fraction of sp³-hybridized carbons (Fsp3) is 0.158. The zero-order chi connectivity index (χ0) is 20.1. The second-order valence-corrected chi connectivity index (χ2v) is 6.37. The van der Waals surface area contributed by atoms with Crippen LogP contribution in [0.5, 0.6) is 11.6 Å². The summed E-state index contributed by atoms with van der Waals surface area (Å²) >= 11 is 5.86. The lowest BCUT2D eigenvalue weighted by molar-refractivity contribution is -0.126. The average molecular weight is 401 g/mol. The summed E-state index contributed by atoms with van der Waals surface area (Å²) in [6.45, 7) is 1.22. The number of carbonyl (C=O) groups is 2. The zero-order valence-electron chi connectivity index (χ0n) is 14.9. The molecule has 3 aromatic rings. The van der Waals surface area contributed by atoms with Gasteiger partial charge in [0.2, 0.25) is 5.88 Å². The van der Waals surface area contributed by atoms with Gasteiger partial charge >= 0.3 is 0 Å². The molecule has 0 aliphatic rings. The average Bonchev–Trinajstić information content (AvgIpc) is 2.99. The summed E-state index contributed by atoms with van der Waals surface area (Å²) in [6, 6.07) is 12.1. The highest BCUT2D eigenvalue weighted by molar-refractivity contribution is 6.30. The number of aromatic nitrogens is 1. The molecule has 0 spiro atoms. The summed E-state index contributed by atoms with van der Waals surface area (Å²) < 4.78 is 5.40. The molecule has 0 atom stereocenters. The molecule has 0 unspecified atom stereocenters. The van der Waals surface area contributed by atoms with Gasteiger partial charge in [-0.25, -0.2) is 0 Å². The predicted octanol–water partition coefficient (Wildman–Crippen LogP) is 3.64. The number of carbonyl (C=O) groups excluding carboxylic acids is 2. The van der Waals surface area contributed by atoms with Gasteiger partial charge < -0.3 is 20.1 Å². The summed E-state index contributed by atoms with van der Waals surface area (Å²) in [7, 11) is 0. The zero-order valence-corrected chi connectivity index (χ0v) is 15.7. The molecule has 0 saturated carbocycles. The third-order valence-corrected chi connectivity index (χ3v) is 4.09. The molecule has 8 nitrogen and oxygen atoms in total. The lowest BCUT2D eigenvalue weighted by Crippen LogP contribution is -2.32. The van der Waals surface area contributed by atoms with Crippen LogP contribution in [0.25, 0.3) is 10.9 Å². The molecule has 2 aromatic carbocycles. The van der Waals surface area contributed by atoms with Crippen molar-refractivity contribution in [1.29, 1.82) is 0 Å². The third-order valence-electron chi connectivity index (χ3n) is 3.85. The van der Waals surface area contributed by atoms with Crippen molar-refractivity contribution in [2.75, 3.05) is 13.2 Å². The van der Waals surface area contributed by atoms with Crippen molar-refractivity contribution in [3.63, 3.8) is 0 Å². The first-order chi connectivity index (χ1) is 13.4. The Morgan fingerprint density at radius 3 is 2.82 bits per heavy atom. The molecule has 1 heterocycles. The SMILES string of the molecule is Cc1cc(Cl)ccc1OCC(=O)NCC(=O)N=Nc1c(O)[nH]c2ccccc12. The van der Waals surface area contributed by atoms with Crippen LogP contribution < -0.4 is 10.1 Å². The van der Waals surface area contributed by atoms with Gasteiger partial charge in [-0.1, -0.05) is 29.8 Å². The second kappa shape index (κ2) is 8.53. The first kappa shape index (κ1) is 19.4. The maximum absolute atomic E-state index is 11.8. The quantitative estimate of drug-likeness (QED) is 0.547. The minimum Gasteiger partial charge on any atom is -0.493 e. The summed E-state index contributed by atoms with van der Waals surface area (Å²) in [5.74, 6) is -0.803. The van der Waals surface area contributed by atoms with Crippen molar-refractivity contribution < 1.29 is 19.4 Å². The Hall–Kier alpha value is -3.39. The lowest BCUT2D eigenvalue weighted by Gasteiger charge is -2.09. The van der Waals surface area contributed by atoms with Gasteiger partial charge in [0.1, 0.15) is 12.3 Å². The normalized spacial score (nSPS) is 11.1. The first-order valence-corrected chi connectivity index (χ1v) is 8.71. The van der Waals surface area contributed by atoms with Crippen LogP contribution in [0.1, 0.15) is 5.56 Å². The molecule has 0 saturated heterocycles. The Balaban J connectivity index is 1.51. The Kier molecular flexibility index (Phi) is 5.90. The number of aromatic amines is 1. The second-order valence-electron chi connectivity index (χ2n) is 5.94. The number of ether oxygens (including phenoxy) is 1. The van der Waals surface area contributed by atoms with E-state index in [0.29, 0.717) is 21.7 Å². The fourth-order valence-corrected chi connectivity index (χ4v) is 2.73. The van der Waals surface area contributed by atoms with E-state index in [2.05, 4.69) is 20.5 Å². The molecule has 0 radical (unpaired) electrons. The molecular weight excluding hydrogens is 384 g/mol. The number of hydrogen-bond donors (Lipinski definition) is 3. The standard InChI is InChI=1S/C19H17ClN4O4/c1-11-8-12(20)6-7-15(11)28-10-17(26)21-9-16(25)23-24-18-13-4-2-3-5-14(13)22-19(18)27/h2-8,22,27H,9-10H2,1H3,(H,21,26). The maximum Gasteiger partial charge on any atom is 0.283 e. The minimum atomic E-state index is -0.666. The van der Waals surface area contributed by atoms with E-state index in [1.807, 2.05) is 6.92 Å². The van der Waals surface area contributed by atoms with Gasteiger partial charge in [0, 0.05) is 10.4 Å². The number of azo groups is 1. The number of rotatable bonds is 6. The van der Waals surface area contributed by atoms with Gasteiger partial charge in [0.15, 0.2) is 12.3 Å². The Morgan fingerprint density at radius 2 is 2.04 bits per heavy atom. The smallest absolute Gasteiger partial charge is 0.283 e. The number of para-hydroxylation sites is 1. The van der Waals surface area contributed by atoms with Crippen LogP contribution in [0.3, 0.4) is 0 Å². The molecule has 1 aromatic heterocycles. The van der Waals surface area contributed by atoms with Crippen molar-refractivity contribution in [3.8, 4) is 11.6 Å². The van der Waals surface area contributed by atoms with Gasteiger partial charge in [0.25, 0.3) is 11.8 Å². The number of aryl methyl sites for hydroxylation is 1. The highest BCUT2D eigenvalue weighted by Crippen LogP contribution is 2.35. The van der Waals surface area contributed by atoms with Gasteiger partial charge in [0.05, 0.1) is 5.52 Å². The molecule has 0 aliphatic carbocycles. The van der Waals surface area contributed by atoms with E-state index >= 15 is 0 Å². The van der Waals surface area contributed by atoms with E-state index in [9.17, 15) is 14.7 Å². The molecular formula is C19H17ClN4O4. The van der Waals surface area contributed by atoms with Crippen LogP contribution in [0, 0.1) is 6.92 Å². The van der Waals surface area contributed by atoms with Gasteiger partial charge in [-0.2, -0.15) is 0 Å². The monoisotopic (exact) mass is 400 g/mol. The molecule has 3 N–H and O–H groups in total. The van der Waals surface area contributed by atoms with Crippen LogP contribution >= 0.6 is 11.6 Å². The van der Waals surface area contributed by atoms with E-state index in [4.69, 9.17) is 16.3 Å². The van der Waals surface area contributed by atoms with Crippen LogP contribution in [0.4, 0.5) is 5.69 Å². The summed E-state index contributed by atoms with van der Waals surface area (Å²) in [5, 5.41) is 20.8. The molecule has 2 amide bonds. The van der Waals surface area contributed by atoms with Gasteiger partial charge in [-0.15, -0.1) is 10.2 Å². The molecule has 28 heavy (non-hydrogen) atoms. The van der Waals surface area contributed by atoms with Crippen LogP contribution in [0.15, 0.2) is 52.7 Å². The molecule has 144 valence electrons. The predicted molar refractivity (Wildman–Crippen MR) is 104 cm³/mol. The van der Waals surface area contributed by atoms with Crippen molar-refractivity contribution in [3.05, 3.63) is 53.1 Å². The Labute approximate surface area is 165 Å². The van der Waals surface area contributed by atoms with E-state index in [1.54, 1.807) is 42.5 Å². The highest BCUT2D eigenvalue weighted by Gasteiger charge is 2.11. The molecule has 0 fully saturated rings. The lowest BCUT2D eigenvalue weighted by atomic mass is 10.2. The highest BCUT2D eigenvalue weighted by atomic mass is 35.5. The van der Waals surface area contributed by atoms with Crippen molar-refractivity contribution in [2.24, 2.45) is 10.2 Å². The number of nitrogens with zero attached hydrogens (tertiary/aromatic N) is 2. The number of amides is 2. The molecule has 9 heteroatoms. The maximum atomic E-state index is 11.8. The summed E-state index contributed by atoms with van der Waals surface area (Å²) in [5.41, 5.74) is 1.63. The Morgan fingerprint density at radius 1 is 1.25 bits per heavy atom. The molecule has 0 aliphatic heterocycles. The van der Waals surface area contributed by atoms with Crippen LogP contribution in [0.2, 0.25) is 5.02 Å². The third kappa shape index (κ3) is 4.66. The van der Waals surface area contributed by atoms with Crippen molar-refractivity contribution in [1.82, 2.24) is 10.3 Å².